The Balaban J connectivity index is 1.31. The molecule has 1 aliphatic carbocycles. The van der Waals surface area contributed by atoms with Crippen LogP contribution in [0.5, 0.6) is 0 Å². The van der Waals surface area contributed by atoms with E-state index in [9.17, 15) is 9.59 Å². The monoisotopic (exact) mass is 390 g/mol. The van der Waals surface area contributed by atoms with Gasteiger partial charge < -0.3 is 15.1 Å². The number of para-hydroxylation sites is 1. The van der Waals surface area contributed by atoms with Crippen molar-refractivity contribution in [3.8, 4) is 0 Å². The molecular formula is C20H27ClN4O2. The molecule has 2 saturated heterocycles. The summed E-state index contributed by atoms with van der Waals surface area (Å²) >= 11 is 6.14. The average molecular weight is 391 g/mol. The summed E-state index contributed by atoms with van der Waals surface area (Å²) in [6.45, 7) is 4.75. The van der Waals surface area contributed by atoms with Crippen LogP contribution in [0.2, 0.25) is 5.02 Å². The number of anilines is 1. The molecule has 1 aromatic carbocycles. The molecule has 1 saturated carbocycles. The highest BCUT2D eigenvalue weighted by atomic mass is 35.5. The van der Waals surface area contributed by atoms with Gasteiger partial charge in [0.15, 0.2) is 0 Å². The van der Waals surface area contributed by atoms with E-state index in [2.05, 4.69) is 15.1 Å². The van der Waals surface area contributed by atoms with Crippen molar-refractivity contribution in [2.75, 3.05) is 44.6 Å². The van der Waals surface area contributed by atoms with Crippen LogP contribution in [0.1, 0.15) is 25.7 Å². The zero-order chi connectivity index (χ0) is 18.8. The van der Waals surface area contributed by atoms with Gasteiger partial charge in [-0.15, -0.1) is 0 Å². The molecule has 146 valence electrons. The summed E-state index contributed by atoms with van der Waals surface area (Å²) in [6, 6.07) is 7.13. The third-order valence-corrected chi connectivity index (χ3v) is 6.15. The van der Waals surface area contributed by atoms with E-state index in [4.69, 9.17) is 11.6 Å². The quantitative estimate of drug-likeness (QED) is 0.860. The fraction of sp³-hybridized carbons (Fsp3) is 0.600. The smallest absolute Gasteiger partial charge is 0.321 e. The molecule has 0 radical (unpaired) electrons. The summed E-state index contributed by atoms with van der Waals surface area (Å²) in [5.74, 6) is 1.02. The molecule has 3 fully saturated rings. The maximum absolute atomic E-state index is 12.8. The number of benzene rings is 1. The molecule has 1 aromatic rings. The Morgan fingerprint density at radius 1 is 1.07 bits per heavy atom. The number of carbonyl (C=O) groups is 2. The number of halogens is 1. The Labute approximate surface area is 165 Å². The van der Waals surface area contributed by atoms with Gasteiger partial charge in [-0.2, -0.15) is 0 Å². The molecule has 4 rings (SSSR count). The van der Waals surface area contributed by atoms with E-state index in [1.54, 1.807) is 12.1 Å². The zero-order valence-corrected chi connectivity index (χ0v) is 16.3. The number of carbonyl (C=O) groups excluding carboxylic acids is 2. The van der Waals surface area contributed by atoms with Crippen LogP contribution in [0.3, 0.4) is 0 Å². The van der Waals surface area contributed by atoms with Crippen molar-refractivity contribution in [2.24, 2.45) is 5.92 Å². The topological polar surface area (TPSA) is 55.9 Å². The predicted octanol–water partition coefficient (Wildman–Crippen LogP) is 2.89. The molecule has 3 amide bonds. The lowest BCUT2D eigenvalue weighted by Gasteiger charge is -2.26. The van der Waals surface area contributed by atoms with Gasteiger partial charge in [0.2, 0.25) is 5.91 Å². The van der Waals surface area contributed by atoms with Crippen LogP contribution in [-0.2, 0) is 4.79 Å². The van der Waals surface area contributed by atoms with E-state index in [0.717, 1.165) is 44.9 Å². The van der Waals surface area contributed by atoms with Crippen LogP contribution in [0, 0.1) is 5.92 Å². The highest BCUT2D eigenvalue weighted by Crippen LogP contribution is 2.32. The second kappa shape index (κ2) is 8.07. The fourth-order valence-corrected chi connectivity index (χ4v) is 4.25. The number of nitrogens with zero attached hydrogens (tertiary/aromatic N) is 3. The van der Waals surface area contributed by atoms with Gasteiger partial charge >= 0.3 is 6.03 Å². The van der Waals surface area contributed by atoms with Crippen LogP contribution < -0.4 is 5.32 Å². The first kappa shape index (κ1) is 18.6. The Morgan fingerprint density at radius 3 is 2.67 bits per heavy atom. The molecule has 0 spiro atoms. The second-order valence-electron chi connectivity index (χ2n) is 7.82. The van der Waals surface area contributed by atoms with Crippen LogP contribution in [-0.4, -0.2) is 71.9 Å². The zero-order valence-electron chi connectivity index (χ0n) is 15.6. The average Bonchev–Trinajstić information content (AvgIpc) is 3.44. The molecule has 27 heavy (non-hydrogen) atoms. The Hall–Kier alpha value is -1.79. The van der Waals surface area contributed by atoms with Gasteiger partial charge in [0.1, 0.15) is 0 Å². The lowest BCUT2D eigenvalue weighted by molar-refractivity contribution is -0.132. The Morgan fingerprint density at radius 2 is 1.89 bits per heavy atom. The number of urea groups is 1. The van der Waals surface area contributed by atoms with E-state index in [1.807, 2.05) is 17.0 Å². The largest absolute Gasteiger partial charge is 0.341 e. The molecule has 1 N–H and O–H groups in total. The molecule has 7 heteroatoms. The number of hydrogen-bond acceptors (Lipinski definition) is 3. The fourth-order valence-electron chi connectivity index (χ4n) is 4.06. The predicted molar refractivity (Wildman–Crippen MR) is 106 cm³/mol. The lowest BCUT2D eigenvalue weighted by Crippen LogP contribution is -2.44. The van der Waals surface area contributed by atoms with Crippen LogP contribution in [0.15, 0.2) is 24.3 Å². The van der Waals surface area contributed by atoms with Crippen molar-refractivity contribution in [3.05, 3.63) is 29.3 Å². The van der Waals surface area contributed by atoms with Gasteiger partial charge in [-0.25, -0.2) is 4.79 Å². The van der Waals surface area contributed by atoms with Crippen molar-refractivity contribution >= 4 is 29.2 Å². The minimum Gasteiger partial charge on any atom is -0.341 e. The molecule has 3 aliphatic rings. The molecule has 0 aromatic heterocycles. The lowest BCUT2D eigenvalue weighted by atomic mass is 10.2. The summed E-state index contributed by atoms with van der Waals surface area (Å²) < 4.78 is 0. The first-order valence-corrected chi connectivity index (χ1v) is 10.3. The standard InChI is InChI=1S/C20H27ClN4O2/c21-16-4-1-2-5-17(16)22-20(27)24-10-3-9-23(12-13-24)18-8-11-25(19(18)26)14-15-6-7-15/h1-2,4-5,15,18H,3,6-14H2,(H,22,27). The normalized spacial score (nSPS) is 24.2. The van der Waals surface area contributed by atoms with Gasteiger partial charge in [-0.1, -0.05) is 23.7 Å². The van der Waals surface area contributed by atoms with E-state index >= 15 is 0 Å². The minimum atomic E-state index is -0.127. The maximum Gasteiger partial charge on any atom is 0.321 e. The van der Waals surface area contributed by atoms with Crippen molar-refractivity contribution in [2.45, 2.75) is 31.7 Å². The maximum atomic E-state index is 12.8. The molecule has 2 heterocycles. The van der Waals surface area contributed by atoms with Gasteiger partial charge in [0.25, 0.3) is 0 Å². The summed E-state index contributed by atoms with van der Waals surface area (Å²) in [5, 5.41) is 3.43. The summed E-state index contributed by atoms with van der Waals surface area (Å²) in [7, 11) is 0. The summed E-state index contributed by atoms with van der Waals surface area (Å²) in [4.78, 5) is 31.5. The molecule has 1 unspecified atom stereocenters. The van der Waals surface area contributed by atoms with Crippen molar-refractivity contribution in [1.29, 1.82) is 0 Å². The van der Waals surface area contributed by atoms with Crippen LogP contribution in [0.25, 0.3) is 0 Å². The first-order chi connectivity index (χ1) is 13.1. The summed E-state index contributed by atoms with van der Waals surface area (Å²) in [5.41, 5.74) is 0.631. The first-order valence-electron chi connectivity index (χ1n) is 9.95. The SMILES string of the molecule is O=C(Nc1ccccc1Cl)N1CCCN(C2CCN(CC3CC3)C2=O)CC1. The Kier molecular flexibility index (Phi) is 5.55. The van der Waals surface area contributed by atoms with Crippen molar-refractivity contribution < 1.29 is 9.59 Å². The number of nitrogens with one attached hydrogen (secondary N) is 1. The molecule has 1 atom stereocenters. The van der Waals surface area contributed by atoms with E-state index in [-0.39, 0.29) is 18.0 Å². The number of hydrogen-bond donors (Lipinski definition) is 1. The van der Waals surface area contributed by atoms with Gasteiger partial charge in [0.05, 0.1) is 16.8 Å². The van der Waals surface area contributed by atoms with Crippen molar-refractivity contribution in [3.63, 3.8) is 0 Å². The van der Waals surface area contributed by atoms with Gasteiger partial charge in [-0.05, 0) is 43.7 Å². The third kappa shape index (κ3) is 4.38. The van der Waals surface area contributed by atoms with E-state index < -0.39 is 0 Å². The van der Waals surface area contributed by atoms with E-state index in [1.165, 1.54) is 12.8 Å². The van der Waals surface area contributed by atoms with E-state index in [0.29, 0.717) is 23.8 Å². The molecular weight excluding hydrogens is 364 g/mol. The van der Waals surface area contributed by atoms with Crippen LogP contribution in [0.4, 0.5) is 10.5 Å². The van der Waals surface area contributed by atoms with Crippen molar-refractivity contribution in [1.82, 2.24) is 14.7 Å². The van der Waals surface area contributed by atoms with Gasteiger partial charge in [0, 0.05) is 39.3 Å². The number of amides is 3. The Bertz CT molecular complexity index is 709. The third-order valence-electron chi connectivity index (χ3n) is 5.82. The van der Waals surface area contributed by atoms with Crippen LogP contribution >= 0.6 is 11.6 Å². The highest BCUT2D eigenvalue weighted by Gasteiger charge is 2.38. The second-order valence-corrected chi connectivity index (χ2v) is 8.23. The highest BCUT2D eigenvalue weighted by molar-refractivity contribution is 6.33. The molecule has 6 nitrogen and oxygen atoms in total. The minimum absolute atomic E-state index is 0.00432. The number of rotatable bonds is 4. The summed E-state index contributed by atoms with van der Waals surface area (Å²) in [6.07, 6.45) is 4.33. The van der Waals surface area contributed by atoms with Gasteiger partial charge in [-0.3, -0.25) is 9.69 Å². The molecule has 0 bridgehead atoms. The number of likely N-dealkylation sites (tertiary alicyclic amines) is 1. The molecule has 2 aliphatic heterocycles.